The average molecular weight is 405 g/mol. The van der Waals surface area contributed by atoms with Gasteiger partial charge in [-0.15, -0.1) is 0 Å². The molecule has 150 valence electrons. The summed E-state index contributed by atoms with van der Waals surface area (Å²) in [7, 11) is -3.40. The fourth-order valence-corrected chi connectivity index (χ4v) is 4.46. The molecule has 1 heterocycles. The topological polar surface area (TPSA) is 98.6 Å². The molecule has 0 unspecified atom stereocenters. The van der Waals surface area contributed by atoms with E-state index >= 15 is 0 Å². The summed E-state index contributed by atoms with van der Waals surface area (Å²) >= 11 is 0. The molecule has 1 saturated carbocycles. The minimum absolute atomic E-state index is 0.0317. The molecule has 0 aliphatic heterocycles. The van der Waals surface area contributed by atoms with Crippen molar-refractivity contribution in [2.24, 2.45) is 0 Å². The van der Waals surface area contributed by atoms with E-state index in [9.17, 15) is 12.8 Å². The van der Waals surface area contributed by atoms with E-state index in [1.54, 1.807) is 45.0 Å². The Morgan fingerprint density at radius 2 is 1.93 bits per heavy atom. The molecule has 0 spiro atoms. The number of benzene rings is 1. The zero-order valence-electron chi connectivity index (χ0n) is 16.3. The Kier molecular flexibility index (Phi) is 5.60. The number of aromatic nitrogens is 2. The van der Waals surface area contributed by atoms with Crippen LogP contribution in [0, 0.1) is 17.1 Å². The molecule has 1 aliphatic carbocycles. The van der Waals surface area contributed by atoms with Crippen LogP contribution in [0.25, 0.3) is 11.3 Å². The lowest BCUT2D eigenvalue weighted by Gasteiger charge is -2.30. The van der Waals surface area contributed by atoms with Crippen LogP contribution in [0.5, 0.6) is 0 Å². The highest BCUT2D eigenvalue weighted by Crippen LogP contribution is 2.36. The van der Waals surface area contributed by atoms with Crippen molar-refractivity contribution in [1.29, 1.82) is 5.26 Å². The molecule has 0 atom stereocenters. The van der Waals surface area contributed by atoms with Gasteiger partial charge in [0.2, 0.25) is 10.0 Å². The number of rotatable bonds is 4. The van der Waals surface area contributed by atoms with E-state index in [0.717, 1.165) is 0 Å². The lowest BCUT2D eigenvalue weighted by Crippen LogP contribution is -2.45. The predicted molar refractivity (Wildman–Crippen MR) is 106 cm³/mol. The van der Waals surface area contributed by atoms with E-state index in [0.29, 0.717) is 42.5 Å². The third-order valence-electron chi connectivity index (χ3n) is 5.26. The Hall–Kier alpha value is -2.24. The number of hydrogen-bond acceptors (Lipinski definition) is 4. The van der Waals surface area contributed by atoms with Crippen molar-refractivity contribution in [1.82, 2.24) is 14.9 Å². The van der Waals surface area contributed by atoms with Crippen LogP contribution in [-0.4, -0.2) is 29.4 Å². The molecule has 0 bridgehead atoms. The van der Waals surface area contributed by atoms with Crippen molar-refractivity contribution < 1.29 is 12.8 Å². The smallest absolute Gasteiger partial charge is 0.216 e. The molecule has 1 fully saturated rings. The van der Waals surface area contributed by atoms with Gasteiger partial charge in [-0.05, 0) is 58.6 Å². The van der Waals surface area contributed by atoms with Gasteiger partial charge in [-0.25, -0.2) is 17.5 Å². The quantitative estimate of drug-likeness (QED) is 0.809. The number of nitrogens with one attached hydrogen (secondary N) is 2. The van der Waals surface area contributed by atoms with E-state index in [4.69, 9.17) is 5.26 Å². The molecule has 2 aromatic rings. The molecule has 1 aromatic carbocycles. The van der Waals surface area contributed by atoms with Crippen molar-refractivity contribution in [3.05, 3.63) is 41.3 Å². The number of nitriles is 1. The van der Waals surface area contributed by atoms with Gasteiger partial charge in [0, 0.05) is 17.5 Å². The molecule has 6 nitrogen and oxygen atoms in total. The molecule has 1 aromatic heterocycles. The monoisotopic (exact) mass is 404 g/mol. The summed E-state index contributed by atoms with van der Waals surface area (Å²) in [5, 5.41) is 16.0. The van der Waals surface area contributed by atoms with Crippen LogP contribution in [0.1, 0.15) is 63.6 Å². The lowest BCUT2D eigenvalue weighted by atomic mass is 9.84. The van der Waals surface area contributed by atoms with Gasteiger partial charge in [0.1, 0.15) is 5.69 Å². The van der Waals surface area contributed by atoms with Crippen LogP contribution in [0.2, 0.25) is 0 Å². The largest absolute Gasteiger partial charge is 0.279 e. The van der Waals surface area contributed by atoms with Crippen molar-refractivity contribution in [2.75, 3.05) is 0 Å². The third kappa shape index (κ3) is 4.10. The number of H-pyrrole nitrogens is 1. The van der Waals surface area contributed by atoms with E-state index in [2.05, 4.69) is 14.9 Å². The van der Waals surface area contributed by atoms with Gasteiger partial charge >= 0.3 is 0 Å². The molecular formula is C20H25FN4O2S. The van der Waals surface area contributed by atoms with E-state index in [-0.39, 0.29) is 17.7 Å². The molecule has 28 heavy (non-hydrogen) atoms. The van der Waals surface area contributed by atoms with E-state index < -0.39 is 20.6 Å². The number of sulfonamides is 1. The van der Waals surface area contributed by atoms with Crippen LogP contribution < -0.4 is 4.72 Å². The maximum absolute atomic E-state index is 15.0. The number of hydrogen-bond donors (Lipinski definition) is 2. The summed E-state index contributed by atoms with van der Waals surface area (Å²) in [4.78, 5) is 0. The number of halogens is 1. The summed E-state index contributed by atoms with van der Waals surface area (Å²) in [6.07, 6.45) is 2.65. The predicted octanol–water partition coefficient (Wildman–Crippen LogP) is 3.83. The fraction of sp³-hybridized carbons (Fsp3) is 0.500. The van der Waals surface area contributed by atoms with E-state index in [1.807, 2.05) is 6.07 Å². The van der Waals surface area contributed by atoms with Crippen molar-refractivity contribution in [2.45, 2.75) is 63.2 Å². The Morgan fingerprint density at radius 3 is 2.54 bits per heavy atom. The van der Waals surface area contributed by atoms with Gasteiger partial charge < -0.3 is 0 Å². The third-order valence-corrected chi connectivity index (χ3v) is 7.52. The van der Waals surface area contributed by atoms with Crippen molar-refractivity contribution in [3.8, 4) is 17.3 Å². The first-order valence-corrected chi connectivity index (χ1v) is 10.9. The number of aromatic amines is 1. The average Bonchev–Trinajstić information content (AvgIpc) is 3.02. The SMILES string of the molecule is CC(C)(C)S(=O)(=O)NC1CCC(c2[nH]nc(-c3cccc(C#N)c3)c2F)CC1. The van der Waals surface area contributed by atoms with Crippen LogP contribution in [0.3, 0.4) is 0 Å². The summed E-state index contributed by atoms with van der Waals surface area (Å²) in [6.45, 7) is 5.01. The molecule has 1 aliphatic rings. The highest BCUT2D eigenvalue weighted by molar-refractivity contribution is 7.90. The lowest BCUT2D eigenvalue weighted by molar-refractivity contribution is 0.360. The second-order valence-corrected chi connectivity index (χ2v) is 10.7. The maximum atomic E-state index is 15.0. The molecule has 3 rings (SSSR count). The standard InChI is InChI=1S/C20H25FN4O2S/c1-20(2,3)28(26,27)25-16-9-7-14(8-10-16)18-17(21)19(24-23-18)15-6-4-5-13(11-15)12-22/h4-6,11,14,16,25H,7-10H2,1-3H3,(H,23,24). The van der Waals surface area contributed by atoms with Gasteiger partial charge in [-0.2, -0.15) is 10.4 Å². The molecule has 8 heteroatoms. The Morgan fingerprint density at radius 1 is 1.25 bits per heavy atom. The molecule has 2 N–H and O–H groups in total. The Balaban J connectivity index is 1.70. The zero-order valence-corrected chi connectivity index (χ0v) is 17.1. The van der Waals surface area contributed by atoms with E-state index in [1.165, 1.54) is 0 Å². The minimum atomic E-state index is -3.40. The van der Waals surface area contributed by atoms with Gasteiger partial charge in [-0.1, -0.05) is 12.1 Å². The summed E-state index contributed by atoms with van der Waals surface area (Å²) in [6, 6.07) is 8.62. The van der Waals surface area contributed by atoms with Gasteiger partial charge in [0.15, 0.2) is 5.82 Å². The van der Waals surface area contributed by atoms with Gasteiger partial charge in [-0.3, -0.25) is 5.10 Å². The summed E-state index contributed by atoms with van der Waals surface area (Å²) in [5.41, 5.74) is 1.68. The molecular weight excluding hydrogens is 379 g/mol. The summed E-state index contributed by atoms with van der Waals surface area (Å²) in [5.74, 6) is -0.426. The second kappa shape index (κ2) is 7.64. The second-order valence-electron chi connectivity index (χ2n) is 8.27. The fourth-order valence-electron chi connectivity index (χ4n) is 3.44. The first kappa shape index (κ1) is 20.5. The maximum Gasteiger partial charge on any atom is 0.216 e. The minimum Gasteiger partial charge on any atom is -0.279 e. The zero-order chi connectivity index (χ0) is 20.5. The van der Waals surface area contributed by atoms with Gasteiger partial charge in [0.25, 0.3) is 0 Å². The van der Waals surface area contributed by atoms with Crippen LogP contribution in [0.4, 0.5) is 4.39 Å². The van der Waals surface area contributed by atoms with Gasteiger partial charge in [0.05, 0.1) is 22.1 Å². The molecule has 0 radical (unpaired) electrons. The van der Waals surface area contributed by atoms with Crippen LogP contribution in [0.15, 0.2) is 24.3 Å². The highest BCUT2D eigenvalue weighted by atomic mass is 32.2. The Bertz CT molecular complexity index is 994. The Labute approximate surface area is 165 Å². The number of nitrogens with zero attached hydrogens (tertiary/aromatic N) is 2. The molecule has 0 amide bonds. The van der Waals surface area contributed by atoms with Crippen molar-refractivity contribution >= 4 is 10.0 Å². The summed E-state index contributed by atoms with van der Waals surface area (Å²) < 4.78 is 41.6. The first-order chi connectivity index (χ1) is 13.1. The highest BCUT2D eigenvalue weighted by Gasteiger charge is 2.34. The van der Waals surface area contributed by atoms with Crippen LogP contribution >= 0.6 is 0 Å². The van der Waals surface area contributed by atoms with Crippen molar-refractivity contribution in [3.63, 3.8) is 0 Å². The normalized spacial score (nSPS) is 20.7. The first-order valence-electron chi connectivity index (χ1n) is 9.38. The van der Waals surface area contributed by atoms with Crippen LogP contribution in [-0.2, 0) is 10.0 Å². The molecule has 0 saturated heterocycles.